The van der Waals surface area contributed by atoms with Crippen LogP contribution in [0.3, 0.4) is 0 Å². The van der Waals surface area contributed by atoms with Crippen LogP contribution >= 0.6 is 15.9 Å². The minimum absolute atomic E-state index is 0.386. The summed E-state index contributed by atoms with van der Waals surface area (Å²) in [5, 5.41) is 3.46. The third kappa shape index (κ3) is 2.47. The fourth-order valence-electron chi connectivity index (χ4n) is 2.64. The summed E-state index contributed by atoms with van der Waals surface area (Å²) in [5.41, 5.74) is 3.85. The first-order valence-electron chi connectivity index (χ1n) is 6.61. The predicted octanol–water partition coefficient (Wildman–Crippen LogP) is 4.44. The van der Waals surface area contributed by atoms with Gasteiger partial charge < -0.3 is 10.2 Å². The van der Waals surface area contributed by atoms with Crippen LogP contribution in [0.2, 0.25) is 0 Å². The quantitative estimate of drug-likeness (QED) is 0.881. The molecule has 1 heterocycles. The molecule has 0 aliphatic carbocycles. The maximum atomic E-state index is 3.57. The van der Waals surface area contributed by atoms with Crippen molar-refractivity contribution in [3.63, 3.8) is 0 Å². The van der Waals surface area contributed by atoms with E-state index in [1.807, 2.05) is 0 Å². The monoisotopic (exact) mass is 316 g/mol. The molecule has 3 heteroatoms. The van der Waals surface area contributed by atoms with E-state index in [9.17, 15) is 0 Å². The number of nitrogens with one attached hydrogen (secondary N) is 1. The number of fused-ring (bicyclic) bond motifs is 1. The van der Waals surface area contributed by atoms with Crippen LogP contribution in [0.15, 0.2) is 53.0 Å². The summed E-state index contributed by atoms with van der Waals surface area (Å²) >= 11 is 3.57. The molecule has 0 bridgehead atoms. The van der Waals surface area contributed by atoms with Crippen molar-refractivity contribution in [1.29, 1.82) is 0 Å². The largest absolute Gasteiger partial charge is 0.382 e. The zero-order valence-electron chi connectivity index (χ0n) is 10.9. The van der Waals surface area contributed by atoms with Gasteiger partial charge in [-0.25, -0.2) is 0 Å². The summed E-state index contributed by atoms with van der Waals surface area (Å²) in [6.07, 6.45) is 0. The molecular weight excluding hydrogens is 300 g/mol. The molecule has 0 saturated heterocycles. The van der Waals surface area contributed by atoms with Gasteiger partial charge >= 0.3 is 0 Å². The number of benzene rings is 2. The predicted molar refractivity (Wildman–Crippen MR) is 84.8 cm³/mol. The first kappa shape index (κ1) is 12.5. The van der Waals surface area contributed by atoms with E-state index in [1.165, 1.54) is 16.9 Å². The van der Waals surface area contributed by atoms with Crippen molar-refractivity contribution >= 4 is 27.3 Å². The number of nitrogens with zero attached hydrogens (tertiary/aromatic N) is 1. The summed E-state index contributed by atoms with van der Waals surface area (Å²) in [7, 11) is 0. The lowest BCUT2D eigenvalue weighted by Crippen LogP contribution is -2.36. The first-order valence-corrected chi connectivity index (χ1v) is 7.40. The zero-order chi connectivity index (χ0) is 13.2. The molecule has 1 unspecified atom stereocenters. The highest BCUT2D eigenvalue weighted by molar-refractivity contribution is 9.10. The minimum Gasteiger partial charge on any atom is -0.382 e. The van der Waals surface area contributed by atoms with Gasteiger partial charge in [0.25, 0.3) is 0 Å². The third-order valence-electron chi connectivity index (χ3n) is 3.69. The van der Waals surface area contributed by atoms with Gasteiger partial charge in [-0.1, -0.05) is 46.3 Å². The van der Waals surface area contributed by atoms with Gasteiger partial charge in [0.2, 0.25) is 0 Å². The number of halogens is 1. The Bertz CT molecular complexity index is 568. The lowest BCUT2D eigenvalue weighted by molar-refractivity contribution is 0.668. The number of anilines is 2. The van der Waals surface area contributed by atoms with Crippen LogP contribution in [0, 0.1) is 0 Å². The maximum absolute atomic E-state index is 3.57. The Morgan fingerprint density at radius 2 is 1.95 bits per heavy atom. The Labute approximate surface area is 122 Å². The van der Waals surface area contributed by atoms with Crippen LogP contribution in [0.5, 0.6) is 0 Å². The average molecular weight is 317 g/mol. The van der Waals surface area contributed by atoms with Crippen molar-refractivity contribution in [2.24, 2.45) is 0 Å². The van der Waals surface area contributed by atoms with Crippen LogP contribution in [-0.2, 0) is 0 Å². The smallest absolute Gasteiger partial charge is 0.0619 e. The van der Waals surface area contributed by atoms with Gasteiger partial charge in [-0.2, -0.15) is 0 Å². The van der Waals surface area contributed by atoms with Crippen LogP contribution in [0.4, 0.5) is 11.4 Å². The van der Waals surface area contributed by atoms with E-state index in [-0.39, 0.29) is 0 Å². The highest BCUT2D eigenvalue weighted by Gasteiger charge is 2.22. The molecule has 1 aliphatic heterocycles. The lowest BCUT2D eigenvalue weighted by Gasteiger charge is -2.37. The van der Waals surface area contributed by atoms with Crippen molar-refractivity contribution in [3.8, 4) is 0 Å². The van der Waals surface area contributed by atoms with E-state index in [1.54, 1.807) is 0 Å². The normalized spacial score (nSPS) is 15.6. The van der Waals surface area contributed by atoms with Gasteiger partial charge in [-0.05, 0) is 30.7 Å². The molecule has 2 nitrogen and oxygen atoms in total. The number of hydrogen-bond acceptors (Lipinski definition) is 2. The van der Waals surface area contributed by atoms with Crippen LogP contribution < -0.4 is 10.2 Å². The van der Waals surface area contributed by atoms with Gasteiger partial charge in [0.05, 0.1) is 17.4 Å². The van der Waals surface area contributed by atoms with E-state index in [2.05, 4.69) is 81.6 Å². The third-order valence-corrected chi connectivity index (χ3v) is 4.18. The molecule has 1 aliphatic rings. The second kappa shape index (κ2) is 5.25. The standard InChI is InChI=1S/C16H17BrN2/c1-12(13-5-3-2-4-6-13)19-10-9-18-15-8-7-14(17)11-16(15)19/h2-8,11-12,18H,9-10H2,1H3. The molecule has 19 heavy (non-hydrogen) atoms. The lowest BCUT2D eigenvalue weighted by atomic mass is 10.0. The molecule has 2 aromatic carbocycles. The molecule has 0 saturated carbocycles. The first-order chi connectivity index (χ1) is 9.25. The van der Waals surface area contributed by atoms with E-state index in [4.69, 9.17) is 0 Å². The Kier molecular flexibility index (Phi) is 3.47. The van der Waals surface area contributed by atoms with Crippen LogP contribution in [-0.4, -0.2) is 13.1 Å². The Morgan fingerprint density at radius 3 is 2.74 bits per heavy atom. The topological polar surface area (TPSA) is 15.3 Å². The van der Waals surface area contributed by atoms with E-state index < -0.39 is 0 Å². The summed E-state index contributed by atoms with van der Waals surface area (Å²) < 4.78 is 1.13. The van der Waals surface area contributed by atoms with E-state index in [0.717, 1.165) is 17.6 Å². The minimum atomic E-state index is 0.386. The number of rotatable bonds is 2. The van der Waals surface area contributed by atoms with E-state index >= 15 is 0 Å². The molecule has 2 aromatic rings. The molecule has 1 N–H and O–H groups in total. The fourth-order valence-corrected chi connectivity index (χ4v) is 2.99. The molecule has 0 spiro atoms. The van der Waals surface area contributed by atoms with Gasteiger partial charge in [0.1, 0.15) is 0 Å². The van der Waals surface area contributed by atoms with Crippen molar-refractivity contribution in [3.05, 3.63) is 58.6 Å². The molecule has 98 valence electrons. The van der Waals surface area contributed by atoms with Crippen molar-refractivity contribution < 1.29 is 0 Å². The summed E-state index contributed by atoms with van der Waals surface area (Å²) in [6.45, 7) is 4.29. The highest BCUT2D eigenvalue weighted by atomic mass is 79.9. The van der Waals surface area contributed by atoms with Crippen molar-refractivity contribution in [2.45, 2.75) is 13.0 Å². The van der Waals surface area contributed by atoms with Gasteiger partial charge in [0, 0.05) is 17.6 Å². The molecule has 0 aromatic heterocycles. The summed E-state index contributed by atoms with van der Waals surface area (Å²) in [5.74, 6) is 0. The Morgan fingerprint density at radius 1 is 1.16 bits per heavy atom. The Balaban J connectivity index is 1.97. The second-order valence-corrected chi connectivity index (χ2v) is 5.78. The average Bonchev–Trinajstić information content (AvgIpc) is 2.47. The highest BCUT2D eigenvalue weighted by Crippen LogP contribution is 2.36. The summed E-state index contributed by atoms with van der Waals surface area (Å²) in [6, 6.07) is 17.5. The number of hydrogen-bond donors (Lipinski definition) is 1. The Hall–Kier alpha value is -1.48. The molecule has 1 atom stereocenters. The van der Waals surface area contributed by atoms with Gasteiger partial charge in [-0.3, -0.25) is 0 Å². The van der Waals surface area contributed by atoms with Crippen molar-refractivity contribution in [2.75, 3.05) is 23.3 Å². The molecule has 0 amide bonds. The van der Waals surface area contributed by atoms with Crippen LogP contribution in [0.25, 0.3) is 0 Å². The summed E-state index contributed by atoms with van der Waals surface area (Å²) in [4.78, 5) is 2.46. The molecule has 0 radical (unpaired) electrons. The fraction of sp³-hybridized carbons (Fsp3) is 0.250. The SMILES string of the molecule is CC(c1ccccc1)N1CCNc2ccc(Br)cc21. The molecular formula is C16H17BrN2. The van der Waals surface area contributed by atoms with Gasteiger partial charge in [-0.15, -0.1) is 0 Å². The molecule has 0 fully saturated rings. The van der Waals surface area contributed by atoms with Crippen molar-refractivity contribution in [1.82, 2.24) is 0 Å². The zero-order valence-corrected chi connectivity index (χ0v) is 12.5. The van der Waals surface area contributed by atoms with Crippen LogP contribution in [0.1, 0.15) is 18.5 Å². The second-order valence-electron chi connectivity index (χ2n) is 4.87. The molecule has 3 rings (SSSR count). The van der Waals surface area contributed by atoms with E-state index in [0.29, 0.717) is 6.04 Å². The van der Waals surface area contributed by atoms with Gasteiger partial charge in [0.15, 0.2) is 0 Å². The maximum Gasteiger partial charge on any atom is 0.0619 e.